The third-order valence-electron chi connectivity index (χ3n) is 6.84. The second-order valence-electron chi connectivity index (χ2n) is 8.63. The summed E-state index contributed by atoms with van der Waals surface area (Å²) < 4.78 is 10.8. The first kappa shape index (κ1) is 18.4. The molecule has 0 bridgehead atoms. The van der Waals surface area contributed by atoms with Gasteiger partial charge in [0.2, 0.25) is 6.79 Å². The maximum absolute atomic E-state index is 13.5. The molecular weight excluding hydrogens is 390 g/mol. The number of amides is 1. The molecule has 1 atom stereocenters. The summed E-state index contributed by atoms with van der Waals surface area (Å²) in [7, 11) is 0. The molecule has 0 aromatic heterocycles. The number of benzene rings is 3. The van der Waals surface area contributed by atoms with Gasteiger partial charge in [0.1, 0.15) is 0 Å². The first-order chi connectivity index (χ1) is 15.2. The zero-order chi connectivity index (χ0) is 20.9. The Morgan fingerprint density at radius 2 is 1.77 bits per heavy atom. The fourth-order valence-corrected chi connectivity index (χ4v) is 5.27. The Balaban J connectivity index is 1.26. The Kier molecular flexibility index (Phi) is 4.23. The molecule has 1 aliphatic carbocycles. The zero-order valence-electron chi connectivity index (χ0n) is 17.2. The van der Waals surface area contributed by atoms with Crippen LogP contribution in [0.1, 0.15) is 44.7 Å². The van der Waals surface area contributed by atoms with Gasteiger partial charge < -0.3 is 14.4 Å². The molecule has 156 valence electrons. The van der Waals surface area contributed by atoms with Crippen molar-refractivity contribution < 1.29 is 19.1 Å². The van der Waals surface area contributed by atoms with Crippen molar-refractivity contribution in [1.29, 1.82) is 0 Å². The summed E-state index contributed by atoms with van der Waals surface area (Å²) in [6.45, 7) is 1.30. The fraction of sp³-hybridized carbons (Fsp3) is 0.308. The van der Waals surface area contributed by atoms with E-state index in [-0.39, 0.29) is 24.4 Å². The smallest absolute Gasteiger partial charge is 0.254 e. The van der Waals surface area contributed by atoms with E-state index >= 15 is 0 Å². The Bertz CT molecular complexity index is 1220. The van der Waals surface area contributed by atoms with Gasteiger partial charge in [0.05, 0.1) is 0 Å². The van der Waals surface area contributed by atoms with Crippen molar-refractivity contribution in [2.24, 2.45) is 5.92 Å². The van der Waals surface area contributed by atoms with Crippen LogP contribution in [0.4, 0.5) is 0 Å². The van der Waals surface area contributed by atoms with Crippen LogP contribution in [-0.4, -0.2) is 36.5 Å². The van der Waals surface area contributed by atoms with E-state index in [0.717, 1.165) is 36.6 Å². The zero-order valence-corrected chi connectivity index (χ0v) is 17.2. The van der Waals surface area contributed by atoms with E-state index in [9.17, 15) is 9.59 Å². The van der Waals surface area contributed by atoms with Gasteiger partial charge in [-0.15, -0.1) is 0 Å². The molecule has 31 heavy (non-hydrogen) atoms. The van der Waals surface area contributed by atoms with E-state index < -0.39 is 0 Å². The summed E-state index contributed by atoms with van der Waals surface area (Å²) in [4.78, 5) is 28.5. The summed E-state index contributed by atoms with van der Waals surface area (Å²) in [6.07, 6.45) is 3.73. The predicted octanol–water partition coefficient (Wildman–Crippen LogP) is 4.40. The standard InChI is InChI=1S/C26H23NO4/c28-25(21-10-8-17-7-6-16-3-1-5-20(21)24(16)17)19-4-2-12-27(14-19)26(29)18-9-11-22-23(13-18)31-15-30-22/h1,3,5,8-11,13,19H,2,4,6-7,12,14-15H2/t19-/m0/s1. The summed E-state index contributed by atoms with van der Waals surface area (Å²) in [6, 6.07) is 15.7. The average Bonchev–Trinajstić information content (AvgIpc) is 3.46. The quantitative estimate of drug-likeness (QED) is 0.597. The molecule has 0 saturated carbocycles. The lowest BCUT2D eigenvalue weighted by molar-refractivity contribution is 0.0637. The SMILES string of the molecule is O=C(c1ccc2c3c(cccc13)CC2)[C@H]1CCCN(C(=O)c2ccc3c(c2)OCO3)C1. The van der Waals surface area contributed by atoms with Crippen LogP contribution in [0.25, 0.3) is 10.8 Å². The van der Waals surface area contributed by atoms with Gasteiger partial charge in [0.25, 0.3) is 5.91 Å². The van der Waals surface area contributed by atoms with Gasteiger partial charge in [-0.05, 0) is 65.8 Å². The van der Waals surface area contributed by atoms with Gasteiger partial charge in [0, 0.05) is 30.1 Å². The lowest BCUT2D eigenvalue weighted by atomic mass is 9.87. The van der Waals surface area contributed by atoms with Crippen molar-refractivity contribution in [3.8, 4) is 11.5 Å². The third kappa shape index (κ3) is 2.99. The highest BCUT2D eigenvalue weighted by Gasteiger charge is 2.31. The largest absolute Gasteiger partial charge is 0.454 e. The minimum atomic E-state index is -0.176. The molecule has 3 aromatic rings. The number of ether oxygens (including phenoxy) is 2. The van der Waals surface area contributed by atoms with Crippen molar-refractivity contribution in [2.45, 2.75) is 25.7 Å². The van der Waals surface area contributed by atoms with Crippen LogP contribution in [0, 0.1) is 5.92 Å². The number of carbonyl (C=O) groups is 2. The summed E-state index contributed by atoms with van der Waals surface area (Å²) in [5.41, 5.74) is 4.04. The summed E-state index contributed by atoms with van der Waals surface area (Å²) >= 11 is 0. The molecule has 5 nitrogen and oxygen atoms in total. The molecule has 0 spiro atoms. The normalized spacial score (nSPS) is 19.1. The summed E-state index contributed by atoms with van der Waals surface area (Å²) in [5.74, 6) is 1.18. The van der Waals surface area contributed by atoms with Crippen molar-refractivity contribution in [1.82, 2.24) is 4.90 Å². The molecule has 1 fully saturated rings. The number of Topliss-reactive ketones (excluding diaryl/α,β-unsaturated/α-hetero) is 1. The van der Waals surface area contributed by atoms with Crippen molar-refractivity contribution in [2.75, 3.05) is 19.9 Å². The van der Waals surface area contributed by atoms with Crippen LogP contribution in [0.5, 0.6) is 11.5 Å². The molecule has 3 aromatic carbocycles. The number of aryl methyl sites for hydroxylation is 2. The highest BCUT2D eigenvalue weighted by molar-refractivity contribution is 6.11. The lowest BCUT2D eigenvalue weighted by Gasteiger charge is -2.32. The van der Waals surface area contributed by atoms with Gasteiger partial charge in [-0.1, -0.05) is 30.3 Å². The topological polar surface area (TPSA) is 55.8 Å². The highest BCUT2D eigenvalue weighted by Crippen LogP contribution is 2.35. The molecule has 0 radical (unpaired) electrons. The van der Waals surface area contributed by atoms with Crippen molar-refractivity contribution >= 4 is 22.5 Å². The third-order valence-corrected chi connectivity index (χ3v) is 6.84. The number of carbonyl (C=O) groups excluding carboxylic acids is 2. The molecule has 1 saturated heterocycles. The predicted molar refractivity (Wildman–Crippen MR) is 117 cm³/mol. The van der Waals surface area contributed by atoms with E-state index in [2.05, 4.69) is 24.3 Å². The molecule has 0 N–H and O–H groups in total. The molecule has 5 heteroatoms. The van der Waals surface area contributed by atoms with E-state index in [4.69, 9.17) is 9.47 Å². The number of hydrogen-bond acceptors (Lipinski definition) is 4. The van der Waals surface area contributed by atoms with E-state index in [1.54, 1.807) is 18.2 Å². The lowest BCUT2D eigenvalue weighted by Crippen LogP contribution is -2.42. The number of likely N-dealkylation sites (tertiary alicyclic amines) is 1. The number of rotatable bonds is 3. The van der Waals surface area contributed by atoms with Gasteiger partial charge in [-0.3, -0.25) is 9.59 Å². The first-order valence-corrected chi connectivity index (χ1v) is 11.0. The van der Waals surface area contributed by atoms with Crippen molar-refractivity contribution in [3.05, 3.63) is 70.8 Å². The van der Waals surface area contributed by atoms with Gasteiger partial charge in [-0.2, -0.15) is 0 Å². The van der Waals surface area contributed by atoms with Crippen LogP contribution in [0.3, 0.4) is 0 Å². The number of hydrogen-bond donors (Lipinski definition) is 0. The maximum atomic E-state index is 13.5. The monoisotopic (exact) mass is 413 g/mol. The molecule has 1 amide bonds. The van der Waals surface area contributed by atoms with Crippen LogP contribution in [0.15, 0.2) is 48.5 Å². The van der Waals surface area contributed by atoms with E-state index in [1.807, 2.05) is 11.0 Å². The Labute approximate surface area is 180 Å². The Hall–Kier alpha value is -3.34. The molecule has 2 heterocycles. The minimum absolute atomic E-state index is 0.0591. The first-order valence-electron chi connectivity index (χ1n) is 11.0. The number of fused-ring (bicyclic) bond motifs is 1. The molecular formula is C26H23NO4. The number of nitrogens with zero attached hydrogens (tertiary/aromatic N) is 1. The molecule has 0 unspecified atom stereocenters. The fourth-order valence-electron chi connectivity index (χ4n) is 5.27. The van der Waals surface area contributed by atoms with Gasteiger partial charge >= 0.3 is 0 Å². The molecule has 3 aliphatic rings. The average molecular weight is 413 g/mol. The van der Waals surface area contributed by atoms with E-state index in [1.165, 1.54) is 16.5 Å². The Morgan fingerprint density at radius 1 is 0.935 bits per heavy atom. The second-order valence-corrected chi connectivity index (χ2v) is 8.63. The molecule has 6 rings (SSSR count). The van der Waals surface area contributed by atoms with Crippen LogP contribution < -0.4 is 9.47 Å². The maximum Gasteiger partial charge on any atom is 0.254 e. The van der Waals surface area contributed by atoms with Crippen LogP contribution in [-0.2, 0) is 12.8 Å². The van der Waals surface area contributed by atoms with Crippen LogP contribution in [0.2, 0.25) is 0 Å². The molecule has 2 aliphatic heterocycles. The number of ketones is 1. The summed E-state index contributed by atoms with van der Waals surface area (Å²) in [5, 5.41) is 2.33. The Morgan fingerprint density at radius 3 is 2.68 bits per heavy atom. The second kappa shape index (κ2) is 7.12. The minimum Gasteiger partial charge on any atom is -0.454 e. The number of piperidine rings is 1. The van der Waals surface area contributed by atoms with Gasteiger partial charge in [-0.25, -0.2) is 0 Å². The highest BCUT2D eigenvalue weighted by atomic mass is 16.7. The van der Waals surface area contributed by atoms with Gasteiger partial charge in [0.15, 0.2) is 17.3 Å². The van der Waals surface area contributed by atoms with Crippen LogP contribution >= 0.6 is 0 Å². The van der Waals surface area contributed by atoms with E-state index in [0.29, 0.717) is 30.2 Å². The van der Waals surface area contributed by atoms with Crippen molar-refractivity contribution in [3.63, 3.8) is 0 Å².